The minimum Gasteiger partial charge on any atom is -0.406 e. The number of hydrogen-bond donors (Lipinski definition) is 2. The van der Waals surface area contributed by atoms with Crippen LogP contribution in [0.5, 0.6) is 5.75 Å². The van der Waals surface area contributed by atoms with Gasteiger partial charge < -0.3 is 24.8 Å². The predicted octanol–water partition coefficient (Wildman–Crippen LogP) is 3.10. The van der Waals surface area contributed by atoms with Crippen LogP contribution >= 0.6 is 0 Å². The van der Waals surface area contributed by atoms with E-state index in [0.29, 0.717) is 36.7 Å². The van der Waals surface area contributed by atoms with E-state index < -0.39 is 29.7 Å². The number of fused-ring (bicyclic) bond motifs is 1. The number of aliphatic hydroxyl groups is 1. The van der Waals surface area contributed by atoms with Crippen LogP contribution in [0.15, 0.2) is 42.7 Å². The first-order valence-electron chi connectivity index (χ1n) is 11.0. The van der Waals surface area contributed by atoms with Crippen LogP contribution in [0.4, 0.5) is 19.0 Å². The molecular formula is C23H26F3N5O4. The molecule has 35 heavy (non-hydrogen) atoms. The number of ether oxygens (including phenoxy) is 2. The number of nitrogens with one attached hydrogen (secondary N) is 1. The zero-order chi connectivity index (χ0) is 25.4. The highest BCUT2D eigenvalue weighted by Crippen LogP contribution is 2.30. The number of halogens is 3. The maximum Gasteiger partial charge on any atom is 0.573 e. The van der Waals surface area contributed by atoms with Crippen LogP contribution in [-0.4, -0.2) is 63.4 Å². The first-order valence-corrected chi connectivity index (χ1v) is 11.0. The van der Waals surface area contributed by atoms with Crippen molar-refractivity contribution in [2.45, 2.75) is 44.9 Å². The number of carbonyl (C=O) groups excluding carboxylic acids is 1. The summed E-state index contributed by atoms with van der Waals surface area (Å²) in [5, 5.41) is 17.7. The smallest absolute Gasteiger partial charge is 0.406 e. The van der Waals surface area contributed by atoms with E-state index in [2.05, 4.69) is 25.0 Å². The Bertz CT molecular complexity index is 1190. The van der Waals surface area contributed by atoms with Gasteiger partial charge in [0.25, 0.3) is 5.91 Å². The van der Waals surface area contributed by atoms with Gasteiger partial charge in [0, 0.05) is 19.3 Å². The maximum absolute atomic E-state index is 13.2. The average Bonchev–Trinajstić information content (AvgIpc) is 3.19. The highest BCUT2D eigenvalue weighted by atomic mass is 19.4. The summed E-state index contributed by atoms with van der Waals surface area (Å²) in [6.07, 6.45) is -1.68. The quantitative estimate of drug-likeness (QED) is 0.544. The number of nitrogens with zero attached hydrogens (tertiary/aromatic N) is 4. The Morgan fingerprint density at radius 3 is 2.60 bits per heavy atom. The lowest BCUT2D eigenvalue weighted by atomic mass is 9.91. The van der Waals surface area contributed by atoms with Gasteiger partial charge in [-0.3, -0.25) is 4.79 Å². The van der Waals surface area contributed by atoms with Crippen molar-refractivity contribution >= 4 is 17.4 Å². The van der Waals surface area contributed by atoms with Crippen molar-refractivity contribution in [1.29, 1.82) is 0 Å². The Hall–Kier alpha value is -3.38. The fourth-order valence-electron chi connectivity index (χ4n) is 3.96. The number of aromatic nitrogens is 3. The minimum absolute atomic E-state index is 0.0509. The topological polar surface area (TPSA) is 101 Å². The third kappa shape index (κ3) is 5.82. The average molecular weight is 493 g/mol. The molecule has 1 aliphatic heterocycles. The van der Waals surface area contributed by atoms with Crippen LogP contribution in [0.25, 0.3) is 5.65 Å². The first kappa shape index (κ1) is 24.7. The maximum atomic E-state index is 13.2. The van der Waals surface area contributed by atoms with E-state index in [-0.39, 0.29) is 11.7 Å². The summed E-state index contributed by atoms with van der Waals surface area (Å²) >= 11 is 0. The third-order valence-electron chi connectivity index (χ3n) is 5.59. The van der Waals surface area contributed by atoms with Gasteiger partial charge in [0.15, 0.2) is 5.65 Å². The normalized spacial score (nSPS) is 17.9. The van der Waals surface area contributed by atoms with Gasteiger partial charge >= 0.3 is 6.36 Å². The van der Waals surface area contributed by atoms with Crippen LogP contribution in [0.1, 0.15) is 42.7 Å². The van der Waals surface area contributed by atoms with E-state index in [0.717, 1.165) is 12.1 Å². The van der Waals surface area contributed by atoms with Crippen LogP contribution in [0.2, 0.25) is 0 Å². The number of anilines is 1. The molecule has 12 heteroatoms. The van der Waals surface area contributed by atoms with Crippen molar-refractivity contribution in [3.8, 4) is 5.75 Å². The molecule has 2 aromatic heterocycles. The highest BCUT2D eigenvalue weighted by Gasteiger charge is 2.33. The van der Waals surface area contributed by atoms with Crippen molar-refractivity contribution in [1.82, 2.24) is 19.9 Å². The molecule has 4 rings (SSSR count). The molecule has 0 spiro atoms. The Morgan fingerprint density at radius 2 is 1.97 bits per heavy atom. The van der Waals surface area contributed by atoms with Gasteiger partial charge in [-0.2, -0.15) is 5.10 Å². The molecule has 3 aromatic rings. The predicted molar refractivity (Wildman–Crippen MR) is 120 cm³/mol. The fraction of sp³-hybridized carbons (Fsp3) is 0.435. The molecule has 1 fully saturated rings. The van der Waals surface area contributed by atoms with Crippen LogP contribution in [0, 0.1) is 0 Å². The minimum atomic E-state index is -4.82. The number of alkyl halides is 3. The Balaban J connectivity index is 1.58. The molecule has 1 aromatic carbocycles. The monoisotopic (exact) mass is 493 g/mol. The number of benzene rings is 1. The lowest BCUT2D eigenvalue weighted by molar-refractivity contribution is -0.274. The number of morpholine rings is 1. The largest absolute Gasteiger partial charge is 0.573 e. The van der Waals surface area contributed by atoms with Gasteiger partial charge in [0.05, 0.1) is 30.6 Å². The molecular weight excluding hydrogens is 467 g/mol. The van der Waals surface area contributed by atoms with Gasteiger partial charge in [-0.05, 0) is 44.5 Å². The summed E-state index contributed by atoms with van der Waals surface area (Å²) in [5.41, 5.74) is -0.511. The second kappa shape index (κ2) is 9.34. The molecule has 0 radical (unpaired) electrons. The van der Waals surface area contributed by atoms with E-state index >= 15 is 0 Å². The second-order valence-electron chi connectivity index (χ2n) is 8.92. The second-order valence-corrected chi connectivity index (χ2v) is 8.92. The third-order valence-corrected chi connectivity index (χ3v) is 5.59. The summed E-state index contributed by atoms with van der Waals surface area (Å²) in [7, 11) is 0. The van der Waals surface area contributed by atoms with Gasteiger partial charge in [-0.15, -0.1) is 13.2 Å². The zero-order valence-electron chi connectivity index (χ0n) is 19.4. The van der Waals surface area contributed by atoms with E-state index in [9.17, 15) is 23.1 Å². The van der Waals surface area contributed by atoms with E-state index in [1.165, 1.54) is 36.7 Å². The Labute approximate surface area is 199 Å². The molecule has 0 bridgehead atoms. The molecule has 0 unspecified atom stereocenters. The molecule has 2 atom stereocenters. The van der Waals surface area contributed by atoms with Gasteiger partial charge in [0.2, 0.25) is 0 Å². The van der Waals surface area contributed by atoms with E-state index in [1.807, 2.05) is 13.0 Å². The summed E-state index contributed by atoms with van der Waals surface area (Å²) in [6, 6.07) is 5.84. The van der Waals surface area contributed by atoms with Crippen LogP contribution in [0.3, 0.4) is 0 Å². The van der Waals surface area contributed by atoms with Crippen molar-refractivity contribution in [2.75, 3.05) is 24.6 Å². The molecule has 0 saturated carbocycles. The number of hydrogen-bond acceptors (Lipinski definition) is 7. The molecule has 3 heterocycles. The summed E-state index contributed by atoms with van der Waals surface area (Å²) in [5.74, 6) is -0.261. The van der Waals surface area contributed by atoms with E-state index in [1.54, 1.807) is 6.20 Å². The standard InChI is InChI=1S/C23H26F3N5O4/c1-14-13-30(10-11-34-14)18-8-9-31-20(28-18)17(12-27-31)21(32)29-19(22(2,3)33)15-4-6-16(7-5-15)35-23(24,25)26/h4-9,12,14,19,33H,10-11,13H2,1-3H3,(H,29,32)/t14-,19+/m1/s1. The molecule has 1 amide bonds. The van der Waals surface area contributed by atoms with Gasteiger partial charge in [-0.1, -0.05) is 12.1 Å². The van der Waals surface area contributed by atoms with Gasteiger partial charge in [0.1, 0.15) is 17.1 Å². The Morgan fingerprint density at radius 1 is 1.26 bits per heavy atom. The lowest BCUT2D eigenvalue weighted by Crippen LogP contribution is -2.42. The summed E-state index contributed by atoms with van der Waals surface area (Å²) in [4.78, 5) is 19.9. The number of rotatable bonds is 6. The molecule has 1 aliphatic rings. The molecule has 2 N–H and O–H groups in total. The summed E-state index contributed by atoms with van der Waals surface area (Å²) < 4.78 is 48.4. The first-order chi connectivity index (χ1) is 16.4. The van der Waals surface area contributed by atoms with Gasteiger partial charge in [-0.25, -0.2) is 9.50 Å². The van der Waals surface area contributed by atoms with Crippen molar-refractivity contribution in [3.63, 3.8) is 0 Å². The van der Waals surface area contributed by atoms with E-state index in [4.69, 9.17) is 4.74 Å². The van der Waals surface area contributed by atoms with Crippen molar-refractivity contribution in [3.05, 3.63) is 53.9 Å². The SMILES string of the molecule is C[C@@H]1CN(c2ccn3ncc(C(=O)N[C@@H](c4ccc(OC(F)(F)F)cc4)C(C)(C)O)c3n2)CCO1. The fourth-order valence-corrected chi connectivity index (χ4v) is 3.96. The summed E-state index contributed by atoms with van der Waals surface area (Å²) in [6.45, 7) is 6.85. The molecule has 1 saturated heterocycles. The van der Waals surface area contributed by atoms with Crippen LogP contribution < -0.4 is 15.0 Å². The Kier molecular flexibility index (Phi) is 6.60. The van der Waals surface area contributed by atoms with Crippen molar-refractivity contribution < 1.29 is 32.5 Å². The number of carbonyl (C=O) groups is 1. The molecule has 9 nitrogen and oxygen atoms in total. The highest BCUT2D eigenvalue weighted by molar-refractivity contribution is 6.00. The lowest BCUT2D eigenvalue weighted by Gasteiger charge is -2.32. The molecule has 188 valence electrons. The van der Waals surface area contributed by atoms with Crippen LogP contribution in [-0.2, 0) is 4.74 Å². The van der Waals surface area contributed by atoms with Crippen molar-refractivity contribution in [2.24, 2.45) is 0 Å². The molecule has 0 aliphatic carbocycles. The zero-order valence-corrected chi connectivity index (χ0v) is 19.4. The number of amides is 1.